The van der Waals surface area contributed by atoms with Crippen LogP contribution in [0.2, 0.25) is 0 Å². The van der Waals surface area contributed by atoms with Crippen molar-refractivity contribution < 1.29 is 14.3 Å². The van der Waals surface area contributed by atoms with E-state index < -0.39 is 0 Å². The molecule has 2 aromatic carbocycles. The van der Waals surface area contributed by atoms with E-state index in [1.165, 1.54) is 22.3 Å². The van der Waals surface area contributed by atoms with Gasteiger partial charge >= 0.3 is 0 Å². The van der Waals surface area contributed by atoms with Crippen molar-refractivity contribution in [3.8, 4) is 11.5 Å². The number of methoxy groups -OCH3 is 2. The Morgan fingerprint density at radius 1 is 0.920 bits per heavy atom. The van der Waals surface area contributed by atoms with Gasteiger partial charge in [0.2, 0.25) is 0 Å². The largest absolute Gasteiger partial charge is 0.497 e. The average molecular weight is 334 g/mol. The van der Waals surface area contributed by atoms with E-state index in [1.807, 2.05) is 24.3 Å². The summed E-state index contributed by atoms with van der Waals surface area (Å²) in [5, 5.41) is 0. The summed E-state index contributed by atoms with van der Waals surface area (Å²) in [6.45, 7) is 0. The highest BCUT2D eigenvalue weighted by molar-refractivity contribution is 6.00. The SMILES string of the molecule is COc1ccc(C2CC(=O)C=C3c4ccc(OC)cc4CCC32)cc1. The lowest BCUT2D eigenvalue weighted by Gasteiger charge is -2.37. The summed E-state index contributed by atoms with van der Waals surface area (Å²) in [5.41, 5.74) is 4.91. The van der Waals surface area contributed by atoms with E-state index in [9.17, 15) is 4.79 Å². The molecule has 0 bridgehead atoms. The van der Waals surface area contributed by atoms with Crippen LogP contribution in [0.4, 0.5) is 0 Å². The Balaban J connectivity index is 1.72. The average Bonchev–Trinajstić information content (AvgIpc) is 2.66. The second-order valence-electron chi connectivity index (χ2n) is 6.82. The molecule has 25 heavy (non-hydrogen) atoms. The molecule has 0 spiro atoms. The zero-order chi connectivity index (χ0) is 17.4. The molecular formula is C22H22O3. The van der Waals surface area contributed by atoms with Gasteiger partial charge in [-0.2, -0.15) is 0 Å². The van der Waals surface area contributed by atoms with Gasteiger partial charge in [-0.25, -0.2) is 0 Å². The van der Waals surface area contributed by atoms with Crippen LogP contribution in [0.3, 0.4) is 0 Å². The van der Waals surface area contributed by atoms with Gasteiger partial charge in [0.15, 0.2) is 5.78 Å². The van der Waals surface area contributed by atoms with Crippen LogP contribution in [0.25, 0.3) is 5.57 Å². The number of carbonyl (C=O) groups is 1. The van der Waals surface area contributed by atoms with Crippen LogP contribution in [0, 0.1) is 5.92 Å². The second kappa shape index (κ2) is 6.40. The number of hydrogen-bond donors (Lipinski definition) is 0. The summed E-state index contributed by atoms with van der Waals surface area (Å²) < 4.78 is 10.6. The van der Waals surface area contributed by atoms with Gasteiger partial charge in [0.25, 0.3) is 0 Å². The van der Waals surface area contributed by atoms with E-state index in [2.05, 4.69) is 24.3 Å². The van der Waals surface area contributed by atoms with E-state index in [-0.39, 0.29) is 11.7 Å². The smallest absolute Gasteiger partial charge is 0.156 e. The van der Waals surface area contributed by atoms with Gasteiger partial charge in [0, 0.05) is 6.42 Å². The third-order valence-corrected chi connectivity index (χ3v) is 5.51. The molecule has 2 aliphatic carbocycles. The molecule has 128 valence electrons. The molecule has 2 atom stereocenters. The molecule has 0 saturated heterocycles. The fourth-order valence-electron chi connectivity index (χ4n) is 4.25. The number of ether oxygens (including phenoxy) is 2. The van der Waals surface area contributed by atoms with Gasteiger partial charge in [0.05, 0.1) is 14.2 Å². The third-order valence-electron chi connectivity index (χ3n) is 5.51. The molecule has 0 radical (unpaired) electrons. The lowest BCUT2D eigenvalue weighted by molar-refractivity contribution is -0.115. The van der Waals surface area contributed by atoms with Crippen molar-refractivity contribution in [2.45, 2.75) is 25.2 Å². The van der Waals surface area contributed by atoms with Crippen molar-refractivity contribution in [3.63, 3.8) is 0 Å². The molecule has 0 aromatic heterocycles. The first kappa shape index (κ1) is 15.9. The van der Waals surface area contributed by atoms with Gasteiger partial charge in [-0.05, 0) is 77.3 Å². The minimum atomic E-state index is 0.218. The van der Waals surface area contributed by atoms with E-state index in [1.54, 1.807) is 14.2 Å². The molecule has 0 N–H and O–H groups in total. The summed E-state index contributed by atoms with van der Waals surface area (Å²) in [6, 6.07) is 14.4. The molecule has 2 aliphatic rings. The summed E-state index contributed by atoms with van der Waals surface area (Å²) >= 11 is 0. The minimum Gasteiger partial charge on any atom is -0.497 e. The lowest BCUT2D eigenvalue weighted by Crippen LogP contribution is -2.26. The highest BCUT2D eigenvalue weighted by Gasteiger charge is 2.36. The Bertz CT molecular complexity index is 833. The molecule has 0 aliphatic heterocycles. The number of aryl methyl sites for hydroxylation is 1. The number of allylic oxidation sites excluding steroid dienone is 2. The van der Waals surface area contributed by atoms with Crippen LogP contribution >= 0.6 is 0 Å². The Labute approximate surface area is 148 Å². The zero-order valence-corrected chi connectivity index (χ0v) is 14.6. The molecular weight excluding hydrogens is 312 g/mol. The number of carbonyl (C=O) groups excluding carboxylic acids is 1. The van der Waals surface area contributed by atoms with Gasteiger partial charge in [-0.1, -0.05) is 18.2 Å². The Morgan fingerprint density at radius 2 is 1.64 bits per heavy atom. The van der Waals surface area contributed by atoms with Crippen molar-refractivity contribution in [3.05, 3.63) is 65.2 Å². The summed E-state index contributed by atoms with van der Waals surface area (Å²) in [7, 11) is 3.36. The zero-order valence-electron chi connectivity index (χ0n) is 14.6. The molecule has 0 fully saturated rings. The first-order valence-electron chi connectivity index (χ1n) is 8.75. The monoisotopic (exact) mass is 334 g/mol. The highest BCUT2D eigenvalue weighted by Crippen LogP contribution is 2.48. The van der Waals surface area contributed by atoms with E-state index >= 15 is 0 Å². The predicted molar refractivity (Wildman–Crippen MR) is 98.1 cm³/mol. The molecule has 2 unspecified atom stereocenters. The predicted octanol–water partition coefficient (Wildman–Crippen LogP) is 4.41. The molecule has 0 saturated carbocycles. The van der Waals surface area contributed by atoms with E-state index in [4.69, 9.17) is 9.47 Å². The maximum absolute atomic E-state index is 12.4. The fourth-order valence-corrected chi connectivity index (χ4v) is 4.25. The Hall–Kier alpha value is -2.55. The first-order chi connectivity index (χ1) is 12.2. The van der Waals surface area contributed by atoms with Crippen LogP contribution in [0.5, 0.6) is 11.5 Å². The lowest BCUT2D eigenvalue weighted by atomic mass is 9.67. The number of hydrogen-bond acceptors (Lipinski definition) is 3. The maximum atomic E-state index is 12.4. The number of benzene rings is 2. The van der Waals surface area contributed by atoms with Crippen molar-refractivity contribution in [1.29, 1.82) is 0 Å². The molecule has 0 amide bonds. The molecule has 0 heterocycles. The summed E-state index contributed by atoms with van der Waals surface area (Å²) in [4.78, 5) is 12.4. The van der Waals surface area contributed by atoms with Crippen LogP contribution < -0.4 is 9.47 Å². The summed E-state index contributed by atoms with van der Waals surface area (Å²) in [5.74, 6) is 2.59. The van der Waals surface area contributed by atoms with E-state index in [0.29, 0.717) is 12.3 Å². The van der Waals surface area contributed by atoms with Crippen LogP contribution in [-0.2, 0) is 11.2 Å². The standard InChI is InChI=1S/C22H22O3/c1-24-17-6-3-14(4-7-17)21-12-16(23)13-22-19-10-8-18(25-2)11-15(19)5-9-20(21)22/h3-4,6-8,10-11,13,20-21H,5,9,12H2,1-2H3. The Morgan fingerprint density at radius 3 is 2.36 bits per heavy atom. The van der Waals surface area contributed by atoms with Crippen LogP contribution in [0.1, 0.15) is 35.4 Å². The molecule has 4 rings (SSSR count). The molecule has 2 aromatic rings. The number of rotatable bonds is 3. The van der Waals surface area contributed by atoms with Crippen molar-refractivity contribution in [1.82, 2.24) is 0 Å². The third kappa shape index (κ3) is 2.84. The molecule has 3 heteroatoms. The van der Waals surface area contributed by atoms with Gasteiger partial charge in [-0.3, -0.25) is 4.79 Å². The van der Waals surface area contributed by atoms with Crippen molar-refractivity contribution in [2.75, 3.05) is 14.2 Å². The highest BCUT2D eigenvalue weighted by atomic mass is 16.5. The fraction of sp³-hybridized carbons (Fsp3) is 0.318. The number of fused-ring (bicyclic) bond motifs is 3. The van der Waals surface area contributed by atoms with Crippen molar-refractivity contribution in [2.24, 2.45) is 5.92 Å². The van der Waals surface area contributed by atoms with Crippen molar-refractivity contribution >= 4 is 11.4 Å². The summed E-state index contributed by atoms with van der Waals surface area (Å²) in [6.07, 6.45) is 4.55. The van der Waals surface area contributed by atoms with Gasteiger partial charge in [-0.15, -0.1) is 0 Å². The van der Waals surface area contributed by atoms with Gasteiger partial charge < -0.3 is 9.47 Å². The Kier molecular flexibility index (Phi) is 4.08. The van der Waals surface area contributed by atoms with Crippen LogP contribution in [0.15, 0.2) is 48.5 Å². The topological polar surface area (TPSA) is 35.5 Å². The van der Waals surface area contributed by atoms with Crippen LogP contribution in [-0.4, -0.2) is 20.0 Å². The second-order valence-corrected chi connectivity index (χ2v) is 6.82. The minimum absolute atomic E-state index is 0.218. The maximum Gasteiger partial charge on any atom is 0.156 e. The molecule has 3 nitrogen and oxygen atoms in total. The van der Waals surface area contributed by atoms with E-state index in [0.717, 1.165) is 24.3 Å². The quantitative estimate of drug-likeness (QED) is 0.834. The van der Waals surface area contributed by atoms with Gasteiger partial charge in [0.1, 0.15) is 11.5 Å². The normalized spacial score (nSPS) is 21.8. The number of ketones is 1. The first-order valence-corrected chi connectivity index (χ1v) is 8.75.